The number of hydrogen-bond acceptors (Lipinski definition) is 5. The molecule has 0 saturated carbocycles. The minimum absolute atomic E-state index is 0.0532. The van der Waals surface area contributed by atoms with Gasteiger partial charge in [-0.2, -0.15) is 0 Å². The van der Waals surface area contributed by atoms with Crippen molar-refractivity contribution in [1.29, 1.82) is 0 Å². The molecule has 0 fully saturated rings. The van der Waals surface area contributed by atoms with Crippen molar-refractivity contribution < 1.29 is 9.53 Å². The highest BCUT2D eigenvalue weighted by Crippen LogP contribution is 2.16. The van der Waals surface area contributed by atoms with Crippen molar-refractivity contribution >= 4 is 17.3 Å². The number of nitrogens with two attached hydrogens (primary N) is 2. The Bertz CT molecular complexity index is 312. The minimum atomic E-state index is -0.584. The molecule has 0 bridgehead atoms. The maximum atomic E-state index is 11.0. The minimum Gasteiger partial charge on any atom is -0.464 e. The van der Waals surface area contributed by atoms with Crippen LogP contribution in [0.1, 0.15) is 10.5 Å². The van der Waals surface area contributed by atoms with Crippen molar-refractivity contribution in [3.8, 4) is 0 Å². The summed E-state index contributed by atoms with van der Waals surface area (Å²) < 4.78 is 4.44. The first-order valence-electron chi connectivity index (χ1n) is 3.25. The van der Waals surface area contributed by atoms with E-state index in [2.05, 4.69) is 9.72 Å². The van der Waals surface area contributed by atoms with E-state index >= 15 is 0 Å². The van der Waals surface area contributed by atoms with Crippen LogP contribution in [-0.4, -0.2) is 18.1 Å². The van der Waals surface area contributed by atoms with Gasteiger partial charge in [0.05, 0.1) is 18.5 Å². The molecule has 4 N–H and O–H groups in total. The number of aromatic nitrogens is 1. The normalized spacial score (nSPS) is 9.42. The van der Waals surface area contributed by atoms with Crippen molar-refractivity contribution in [3.63, 3.8) is 0 Å². The number of anilines is 2. The van der Waals surface area contributed by atoms with E-state index in [-0.39, 0.29) is 11.4 Å². The molecule has 0 spiro atoms. The fourth-order valence-electron chi connectivity index (χ4n) is 0.747. The number of rotatable bonds is 1. The summed E-state index contributed by atoms with van der Waals surface area (Å²) in [4.78, 5) is 14.7. The van der Waals surface area contributed by atoms with Gasteiger partial charge in [-0.05, 0) is 6.07 Å². The van der Waals surface area contributed by atoms with Gasteiger partial charge in [-0.3, -0.25) is 0 Å². The summed E-state index contributed by atoms with van der Waals surface area (Å²) in [6.07, 6.45) is 1.40. The van der Waals surface area contributed by atoms with E-state index in [1.807, 2.05) is 0 Å². The van der Waals surface area contributed by atoms with Gasteiger partial charge in [-0.25, -0.2) is 9.78 Å². The van der Waals surface area contributed by atoms with Gasteiger partial charge in [-0.1, -0.05) is 0 Å². The van der Waals surface area contributed by atoms with Gasteiger partial charge in [0.2, 0.25) is 0 Å². The van der Waals surface area contributed by atoms with Crippen molar-refractivity contribution in [2.45, 2.75) is 0 Å². The third-order valence-electron chi connectivity index (χ3n) is 1.40. The highest BCUT2D eigenvalue weighted by atomic mass is 16.5. The number of ether oxygens (including phenoxy) is 1. The van der Waals surface area contributed by atoms with Crippen LogP contribution in [-0.2, 0) is 4.74 Å². The maximum Gasteiger partial charge on any atom is 0.358 e. The molecule has 0 atom stereocenters. The number of carbonyl (C=O) groups excluding carboxylic acids is 1. The fourth-order valence-corrected chi connectivity index (χ4v) is 0.747. The van der Waals surface area contributed by atoms with Crippen molar-refractivity contribution in [1.82, 2.24) is 4.98 Å². The molecule has 5 nitrogen and oxygen atoms in total. The standard InChI is InChI=1S/C7H9N3O2/c1-12-7(11)6-5(9)4(8)2-3-10-6/h2-3H,9H2,1H3,(H2,8,10). The zero-order chi connectivity index (χ0) is 9.14. The number of pyridine rings is 1. The van der Waals surface area contributed by atoms with E-state index in [9.17, 15) is 4.79 Å². The number of nitrogens with zero attached hydrogens (tertiary/aromatic N) is 1. The first-order valence-corrected chi connectivity index (χ1v) is 3.25. The number of methoxy groups -OCH3 is 1. The lowest BCUT2D eigenvalue weighted by Gasteiger charge is -2.03. The van der Waals surface area contributed by atoms with Crippen LogP contribution >= 0.6 is 0 Å². The highest BCUT2D eigenvalue weighted by Gasteiger charge is 2.12. The summed E-state index contributed by atoms with van der Waals surface area (Å²) in [6.45, 7) is 0. The van der Waals surface area contributed by atoms with Crippen molar-refractivity contribution in [2.24, 2.45) is 0 Å². The molecule has 5 heteroatoms. The second kappa shape index (κ2) is 3.08. The molecule has 0 unspecified atom stereocenters. The summed E-state index contributed by atoms with van der Waals surface area (Å²) in [5.41, 5.74) is 11.4. The zero-order valence-electron chi connectivity index (χ0n) is 6.57. The topological polar surface area (TPSA) is 91.2 Å². The first kappa shape index (κ1) is 8.32. The Morgan fingerprint density at radius 3 is 2.83 bits per heavy atom. The molecule has 0 aliphatic rings. The number of nitrogen functional groups attached to an aromatic ring is 2. The van der Waals surface area contributed by atoms with Gasteiger partial charge in [0.15, 0.2) is 5.69 Å². The summed E-state index contributed by atoms with van der Waals surface area (Å²) in [5.74, 6) is -0.584. The van der Waals surface area contributed by atoms with E-state index in [1.54, 1.807) is 0 Å². The molecule has 1 aromatic heterocycles. The number of carbonyl (C=O) groups is 1. The Kier molecular flexibility index (Phi) is 2.14. The molecule has 64 valence electrons. The predicted octanol–water partition coefficient (Wildman–Crippen LogP) is 0.0326. The highest BCUT2D eigenvalue weighted by molar-refractivity contribution is 5.95. The average molecular weight is 167 g/mol. The summed E-state index contributed by atoms with van der Waals surface area (Å²) >= 11 is 0. The van der Waals surface area contributed by atoms with E-state index in [4.69, 9.17) is 11.5 Å². The van der Waals surface area contributed by atoms with Crippen molar-refractivity contribution in [2.75, 3.05) is 18.6 Å². The Morgan fingerprint density at radius 1 is 1.58 bits per heavy atom. The molecule has 0 aliphatic carbocycles. The van der Waals surface area contributed by atoms with Gasteiger partial charge in [-0.15, -0.1) is 0 Å². The smallest absolute Gasteiger partial charge is 0.358 e. The van der Waals surface area contributed by atoms with Crippen LogP contribution in [0.2, 0.25) is 0 Å². The van der Waals surface area contributed by atoms with Gasteiger partial charge in [0.1, 0.15) is 0 Å². The molecular weight excluding hydrogens is 158 g/mol. The molecule has 0 radical (unpaired) electrons. The van der Waals surface area contributed by atoms with Gasteiger partial charge in [0.25, 0.3) is 0 Å². The van der Waals surface area contributed by atoms with Crippen molar-refractivity contribution in [3.05, 3.63) is 18.0 Å². The third kappa shape index (κ3) is 1.29. The molecule has 1 rings (SSSR count). The Morgan fingerprint density at radius 2 is 2.25 bits per heavy atom. The molecular formula is C7H9N3O2. The van der Waals surface area contributed by atoms with E-state index in [1.165, 1.54) is 19.4 Å². The van der Waals surface area contributed by atoms with E-state index < -0.39 is 5.97 Å². The van der Waals surface area contributed by atoms with Crippen LogP contribution in [0.25, 0.3) is 0 Å². The molecule has 1 heterocycles. The zero-order valence-corrected chi connectivity index (χ0v) is 6.57. The lowest BCUT2D eigenvalue weighted by atomic mass is 10.2. The number of esters is 1. The molecule has 0 aromatic carbocycles. The summed E-state index contributed by atoms with van der Waals surface area (Å²) in [5, 5.41) is 0. The van der Waals surface area contributed by atoms with Gasteiger partial charge >= 0.3 is 5.97 Å². The van der Waals surface area contributed by atoms with Crippen LogP contribution in [0.4, 0.5) is 11.4 Å². The lowest BCUT2D eigenvalue weighted by molar-refractivity contribution is 0.0595. The lowest BCUT2D eigenvalue weighted by Crippen LogP contribution is -2.09. The average Bonchev–Trinajstić information content (AvgIpc) is 2.08. The predicted molar refractivity (Wildman–Crippen MR) is 44.4 cm³/mol. The monoisotopic (exact) mass is 167 g/mol. The molecule has 0 saturated heterocycles. The van der Waals surface area contributed by atoms with Gasteiger partial charge < -0.3 is 16.2 Å². The Hall–Kier alpha value is -1.78. The first-order chi connectivity index (χ1) is 5.66. The molecule has 0 amide bonds. The third-order valence-corrected chi connectivity index (χ3v) is 1.40. The van der Waals surface area contributed by atoms with Crippen LogP contribution in [0.5, 0.6) is 0 Å². The van der Waals surface area contributed by atoms with Crippen LogP contribution in [0.3, 0.4) is 0 Å². The summed E-state index contributed by atoms with van der Waals surface area (Å²) in [6, 6.07) is 1.52. The fraction of sp³-hybridized carbons (Fsp3) is 0.143. The summed E-state index contributed by atoms with van der Waals surface area (Å²) in [7, 11) is 1.26. The van der Waals surface area contributed by atoms with Crippen LogP contribution < -0.4 is 11.5 Å². The Balaban J connectivity index is 3.16. The quantitative estimate of drug-likeness (QED) is 0.576. The SMILES string of the molecule is COC(=O)c1nccc(N)c1N. The largest absolute Gasteiger partial charge is 0.464 e. The molecule has 1 aromatic rings. The molecule has 12 heavy (non-hydrogen) atoms. The number of hydrogen-bond donors (Lipinski definition) is 2. The molecule has 0 aliphatic heterocycles. The van der Waals surface area contributed by atoms with E-state index in [0.29, 0.717) is 5.69 Å². The maximum absolute atomic E-state index is 11.0. The van der Waals surface area contributed by atoms with Crippen LogP contribution in [0.15, 0.2) is 12.3 Å². The Labute approximate surface area is 69.3 Å². The second-order valence-electron chi connectivity index (χ2n) is 2.15. The second-order valence-corrected chi connectivity index (χ2v) is 2.15. The van der Waals surface area contributed by atoms with E-state index in [0.717, 1.165) is 0 Å². The van der Waals surface area contributed by atoms with Gasteiger partial charge in [0, 0.05) is 6.20 Å². The van der Waals surface area contributed by atoms with Crippen LogP contribution in [0, 0.1) is 0 Å².